The number of hydrogen-bond acceptors (Lipinski definition) is 6. The fourth-order valence-electron chi connectivity index (χ4n) is 5.82. The minimum Gasteiger partial charge on any atom is -0.493 e. The van der Waals surface area contributed by atoms with Gasteiger partial charge in [-0.25, -0.2) is 0 Å². The van der Waals surface area contributed by atoms with Gasteiger partial charge in [-0.2, -0.15) is 0 Å². The van der Waals surface area contributed by atoms with Crippen LogP contribution in [0.15, 0.2) is 53.0 Å². The first-order valence-electron chi connectivity index (χ1n) is 13.7. The van der Waals surface area contributed by atoms with E-state index in [0.29, 0.717) is 32.9 Å². The maximum atomic E-state index is 14.1. The second kappa shape index (κ2) is 12.3. The number of amides is 2. The molecule has 0 bridgehead atoms. The lowest BCUT2D eigenvalue weighted by atomic mass is 9.61. The summed E-state index contributed by atoms with van der Waals surface area (Å²) in [5.74, 6) is -4.22. The molecule has 3 N–H and O–H groups in total. The standard InChI is InChI=1S/C33H37BrN2O6/c1-17-10-8-12-23(19(17)3)35-31(38)28-25(37)16-33(5,40)29(32(39)36-24-13-9-11-18(2)20(24)4)27(28)21-14-22(34)30(42-7)26(15-21)41-6/h8-15,27-29,40H,16H2,1-7H3,(H,35,38)(H,36,39). The van der Waals surface area contributed by atoms with Gasteiger partial charge in [0.25, 0.3) is 0 Å². The third kappa shape index (κ3) is 5.94. The first-order chi connectivity index (χ1) is 19.8. The predicted octanol–water partition coefficient (Wildman–Crippen LogP) is 6.02. The van der Waals surface area contributed by atoms with Crippen LogP contribution < -0.4 is 20.1 Å². The van der Waals surface area contributed by atoms with E-state index in [-0.39, 0.29) is 6.42 Å². The topological polar surface area (TPSA) is 114 Å². The van der Waals surface area contributed by atoms with Gasteiger partial charge in [0.05, 0.1) is 30.2 Å². The second-order valence-corrected chi connectivity index (χ2v) is 12.0. The number of aliphatic hydroxyl groups is 1. The average Bonchev–Trinajstić information content (AvgIpc) is 2.92. The highest BCUT2D eigenvalue weighted by molar-refractivity contribution is 9.10. The van der Waals surface area contributed by atoms with Crippen molar-refractivity contribution in [1.29, 1.82) is 0 Å². The molecule has 4 unspecified atom stereocenters. The number of methoxy groups -OCH3 is 2. The van der Waals surface area contributed by atoms with E-state index in [4.69, 9.17) is 9.47 Å². The lowest BCUT2D eigenvalue weighted by Crippen LogP contribution is -2.56. The zero-order chi connectivity index (χ0) is 30.9. The van der Waals surface area contributed by atoms with Gasteiger partial charge in [-0.3, -0.25) is 14.4 Å². The smallest absolute Gasteiger partial charge is 0.235 e. The maximum absolute atomic E-state index is 14.1. The monoisotopic (exact) mass is 636 g/mol. The third-order valence-corrected chi connectivity index (χ3v) is 8.99. The molecule has 4 atom stereocenters. The zero-order valence-electron chi connectivity index (χ0n) is 24.9. The second-order valence-electron chi connectivity index (χ2n) is 11.2. The molecule has 1 saturated carbocycles. The van der Waals surface area contributed by atoms with Gasteiger partial charge in [0.15, 0.2) is 11.5 Å². The summed E-state index contributed by atoms with van der Waals surface area (Å²) in [6, 6.07) is 14.5. The van der Waals surface area contributed by atoms with Gasteiger partial charge < -0.3 is 25.2 Å². The van der Waals surface area contributed by atoms with Crippen LogP contribution in [0, 0.1) is 39.5 Å². The first kappa shape index (κ1) is 31.3. The van der Waals surface area contributed by atoms with Crippen LogP contribution in [-0.2, 0) is 14.4 Å². The van der Waals surface area contributed by atoms with E-state index in [1.165, 1.54) is 21.1 Å². The Balaban J connectivity index is 1.88. The van der Waals surface area contributed by atoms with E-state index >= 15 is 0 Å². The van der Waals surface area contributed by atoms with Gasteiger partial charge in [-0.1, -0.05) is 24.3 Å². The molecule has 0 saturated heterocycles. The van der Waals surface area contributed by atoms with E-state index in [1.807, 2.05) is 52.0 Å². The summed E-state index contributed by atoms with van der Waals surface area (Å²) in [5.41, 5.74) is 3.61. The third-order valence-electron chi connectivity index (χ3n) is 8.40. The summed E-state index contributed by atoms with van der Waals surface area (Å²) in [5, 5.41) is 17.6. The van der Waals surface area contributed by atoms with Crippen molar-refractivity contribution in [2.45, 2.75) is 52.6 Å². The molecule has 1 fully saturated rings. The number of carbonyl (C=O) groups is 3. The quantitative estimate of drug-likeness (QED) is 0.273. The van der Waals surface area contributed by atoms with Gasteiger partial charge in [0.2, 0.25) is 11.8 Å². The van der Waals surface area contributed by atoms with Crippen LogP contribution in [-0.4, -0.2) is 42.5 Å². The number of hydrogen-bond donors (Lipinski definition) is 3. The lowest BCUT2D eigenvalue weighted by molar-refractivity contribution is -0.150. The van der Waals surface area contributed by atoms with E-state index in [1.54, 1.807) is 24.3 Å². The number of Topliss-reactive ketones (excluding diaryl/α,β-unsaturated/α-hetero) is 1. The van der Waals surface area contributed by atoms with Crippen molar-refractivity contribution in [3.05, 3.63) is 80.8 Å². The minimum absolute atomic E-state index is 0.349. The Hall–Kier alpha value is -3.69. The molecule has 42 heavy (non-hydrogen) atoms. The Morgan fingerprint density at radius 2 is 1.45 bits per heavy atom. The summed E-state index contributed by atoms with van der Waals surface area (Å²) in [7, 11) is 2.98. The maximum Gasteiger partial charge on any atom is 0.235 e. The molecular weight excluding hydrogens is 600 g/mol. The Kier molecular flexibility index (Phi) is 9.13. The van der Waals surface area contributed by atoms with Crippen LogP contribution >= 0.6 is 15.9 Å². The molecule has 0 radical (unpaired) electrons. The minimum atomic E-state index is -1.75. The molecule has 0 spiro atoms. The van der Waals surface area contributed by atoms with Crippen LogP contribution in [0.2, 0.25) is 0 Å². The molecule has 3 aromatic rings. The predicted molar refractivity (Wildman–Crippen MR) is 166 cm³/mol. The Morgan fingerprint density at radius 1 is 0.905 bits per heavy atom. The van der Waals surface area contributed by atoms with Crippen LogP contribution in [0.1, 0.15) is 47.1 Å². The van der Waals surface area contributed by atoms with Crippen molar-refractivity contribution in [2.24, 2.45) is 11.8 Å². The number of ether oxygens (including phenoxy) is 2. The van der Waals surface area contributed by atoms with Crippen molar-refractivity contribution in [3.8, 4) is 11.5 Å². The summed E-state index contributed by atoms with van der Waals surface area (Å²) < 4.78 is 11.6. The zero-order valence-corrected chi connectivity index (χ0v) is 26.5. The average molecular weight is 638 g/mol. The summed E-state index contributed by atoms with van der Waals surface area (Å²) >= 11 is 3.51. The molecular formula is C33H37BrN2O6. The van der Waals surface area contributed by atoms with E-state index < -0.39 is 41.0 Å². The highest BCUT2D eigenvalue weighted by Gasteiger charge is 2.56. The first-order valence-corrected chi connectivity index (χ1v) is 14.5. The number of benzene rings is 3. The van der Waals surface area contributed by atoms with Gasteiger partial charge in [-0.05, 0) is 103 Å². The molecule has 9 heteroatoms. The largest absolute Gasteiger partial charge is 0.493 e. The van der Waals surface area contributed by atoms with Crippen molar-refractivity contribution >= 4 is 44.9 Å². The highest BCUT2D eigenvalue weighted by Crippen LogP contribution is 2.49. The SMILES string of the molecule is COc1cc(C2C(C(=O)Nc3cccc(C)c3C)C(=O)CC(C)(O)C2C(=O)Nc2cccc(C)c2C)cc(Br)c1OC. The lowest BCUT2D eigenvalue weighted by Gasteiger charge is -2.44. The summed E-state index contributed by atoms with van der Waals surface area (Å²) in [6.45, 7) is 9.14. The molecule has 2 amide bonds. The molecule has 4 rings (SSSR count). The number of aryl methyl sites for hydroxylation is 2. The Labute approximate surface area is 254 Å². The molecule has 222 valence electrons. The fraction of sp³-hybridized carbons (Fsp3) is 0.364. The number of nitrogens with one attached hydrogen (secondary N) is 2. The molecule has 0 aromatic heterocycles. The van der Waals surface area contributed by atoms with Crippen molar-refractivity contribution in [3.63, 3.8) is 0 Å². The number of anilines is 2. The molecule has 1 aliphatic rings. The normalized spacial score (nSPS) is 21.9. The van der Waals surface area contributed by atoms with Crippen LogP contribution in [0.5, 0.6) is 11.5 Å². The van der Waals surface area contributed by atoms with Gasteiger partial charge in [0, 0.05) is 23.7 Å². The van der Waals surface area contributed by atoms with E-state index in [0.717, 1.165) is 22.3 Å². The number of carbonyl (C=O) groups excluding carboxylic acids is 3. The van der Waals surface area contributed by atoms with Crippen LogP contribution in [0.25, 0.3) is 0 Å². The molecule has 8 nitrogen and oxygen atoms in total. The van der Waals surface area contributed by atoms with Crippen LogP contribution in [0.3, 0.4) is 0 Å². The summed E-state index contributed by atoms with van der Waals surface area (Å²) in [6.07, 6.45) is -0.367. The van der Waals surface area contributed by atoms with Crippen LogP contribution in [0.4, 0.5) is 11.4 Å². The van der Waals surface area contributed by atoms with E-state index in [9.17, 15) is 19.5 Å². The molecule has 1 aliphatic carbocycles. The van der Waals surface area contributed by atoms with Gasteiger partial charge in [0.1, 0.15) is 11.7 Å². The van der Waals surface area contributed by atoms with Crippen molar-refractivity contribution in [1.82, 2.24) is 0 Å². The van der Waals surface area contributed by atoms with E-state index in [2.05, 4.69) is 26.6 Å². The molecule has 3 aromatic carbocycles. The number of halogens is 1. The number of ketones is 1. The Morgan fingerprint density at radius 3 is 1.98 bits per heavy atom. The van der Waals surface area contributed by atoms with Gasteiger partial charge >= 0.3 is 0 Å². The number of rotatable bonds is 7. The Bertz CT molecular complexity index is 1550. The van der Waals surface area contributed by atoms with Crippen molar-refractivity contribution in [2.75, 3.05) is 24.9 Å². The molecule has 0 aliphatic heterocycles. The summed E-state index contributed by atoms with van der Waals surface area (Å²) in [4.78, 5) is 41.9. The fourth-order valence-corrected chi connectivity index (χ4v) is 6.44. The van der Waals surface area contributed by atoms with Crippen molar-refractivity contribution < 1.29 is 29.0 Å². The van der Waals surface area contributed by atoms with Gasteiger partial charge in [-0.15, -0.1) is 0 Å². The molecule has 0 heterocycles. The highest BCUT2D eigenvalue weighted by atomic mass is 79.9.